The maximum atomic E-state index is 12.9. The Bertz CT molecular complexity index is 918. The quantitative estimate of drug-likeness (QED) is 0.826. The second-order valence-corrected chi connectivity index (χ2v) is 8.69. The maximum absolute atomic E-state index is 12.9. The number of aryl methyl sites for hydroxylation is 1. The van der Waals surface area contributed by atoms with Crippen LogP contribution >= 0.6 is 0 Å². The summed E-state index contributed by atoms with van der Waals surface area (Å²) in [5, 5.41) is 0. The standard InChI is InChI=1S/C25H30N2O3/c1-18-9-11-20(12-10-18)22-8-4-5-19(15-22)16-25(24(26)29)17-27(13-14-30-25)23(28)21-6-2-3-7-21/h4-5,8-12,15,21H,2-3,6-7,13-14,16-17H2,1H3,(H2,26,29)/t25-/m1/s1. The summed E-state index contributed by atoms with van der Waals surface area (Å²) in [5.74, 6) is -0.277. The van der Waals surface area contributed by atoms with Gasteiger partial charge in [-0.25, -0.2) is 0 Å². The molecule has 0 bridgehead atoms. The van der Waals surface area contributed by atoms with Crippen molar-refractivity contribution in [2.45, 2.75) is 44.6 Å². The van der Waals surface area contributed by atoms with Crippen molar-refractivity contribution in [1.29, 1.82) is 0 Å². The van der Waals surface area contributed by atoms with Gasteiger partial charge in [0, 0.05) is 18.9 Å². The summed E-state index contributed by atoms with van der Waals surface area (Å²) in [6, 6.07) is 16.5. The van der Waals surface area contributed by atoms with Crippen LogP contribution in [0, 0.1) is 12.8 Å². The Labute approximate surface area is 178 Å². The highest BCUT2D eigenvalue weighted by atomic mass is 16.5. The fourth-order valence-electron chi connectivity index (χ4n) is 4.68. The summed E-state index contributed by atoms with van der Waals surface area (Å²) in [7, 11) is 0. The summed E-state index contributed by atoms with van der Waals surface area (Å²) < 4.78 is 5.97. The molecule has 2 fully saturated rings. The molecular weight excluding hydrogens is 376 g/mol. The van der Waals surface area contributed by atoms with Gasteiger partial charge in [-0.2, -0.15) is 0 Å². The summed E-state index contributed by atoms with van der Waals surface area (Å²) in [6.45, 7) is 3.15. The Kier molecular flexibility index (Phi) is 5.91. The third-order valence-electron chi connectivity index (χ3n) is 6.45. The summed E-state index contributed by atoms with van der Waals surface area (Å²) in [4.78, 5) is 27.3. The average molecular weight is 407 g/mol. The van der Waals surface area contributed by atoms with Crippen LogP contribution in [0.5, 0.6) is 0 Å². The molecule has 2 aromatic rings. The van der Waals surface area contributed by atoms with Crippen molar-refractivity contribution in [2.75, 3.05) is 19.7 Å². The second kappa shape index (κ2) is 8.60. The van der Waals surface area contributed by atoms with Crippen molar-refractivity contribution in [1.82, 2.24) is 4.90 Å². The lowest BCUT2D eigenvalue weighted by molar-refractivity contribution is -0.165. The van der Waals surface area contributed by atoms with Gasteiger partial charge in [-0.05, 0) is 36.5 Å². The number of carbonyl (C=O) groups excluding carboxylic acids is 2. The average Bonchev–Trinajstić information content (AvgIpc) is 3.29. The predicted octanol–water partition coefficient (Wildman–Crippen LogP) is 3.48. The Morgan fingerprint density at radius 3 is 2.53 bits per heavy atom. The largest absolute Gasteiger partial charge is 0.367 e. The van der Waals surface area contributed by atoms with Crippen LogP contribution in [0.25, 0.3) is 11.1 Å². The molecule has 1 saturated heterocycles. The second-order valence-electron chi connectivity index (χ2n) is 8.69. The lowest BCUT2D eigenvalue weighted by Gasteiger charge is -2.41. The molecule has 2 N–H and O–H groups in total. The summed E-state index contributed by atoms with van der Waals surface area (Å²) in [5.41, 5.74) is 9.04. The lowest BCUT2D eigenvalue weighted by Crippen LogP contribution is -2.61. The predicted molar refractivity (Wildman–Crippen MR) is 117 cm³/mol. The number of ether oxygens (including phenoxy) is 1. The van der Waals surface area contributed by atoms with E-state index < -0.39 is 11.5 Å². The Balaban J connectivity index is 1.56. The van der Waals surface area contributed by atoms with Crippen molar-refractivity contribution >= 4 is 11.8 Å². The molecule has 1 heterocycles. The molecule has 2 aromatic carbocycles. The van der Waals surface area contributed by atoms with Gasteiger partial charge in [-0.1, -0.05) is 66.9 Å². The minimum absolute atomic E-state index is 0.0820. The van der Waals surface area contributed by atoms with Gasteiger partial charge < -0.3 is 15.4 Å². The van der Waals surface area contributed by atoms with Gasteiger partial charge in [0.2, 0.25) is 5.91 Å². The first-order valence-electron chi connectivity index (χ1n) is 10.9. The van der Waals surface area contributed by atoms with Gasteiger partial charge in [0.15, 0.2) is 5.60 Å². The molecule has 1 aliphatic carbocycles. The zero-order valence-corrected chi connectivity index (χ0v) is 17.6. The SMILES string of the molecule is Cc1ccc(-c2cccc(C[C@]3(C(N)=O)CN(C(=O)C4CCCC4)CCO3)c2)cc1. The fraction of sp³-hybridized carbons (Fsp3) is 0.440. The van der Waals surface area contributed by atoms with Gasteiger partial charge in [-0.15, -0.1) is 0 Å². The fourth-order valence-corrected chi connectivity index (χ4v) is 4.68. The van der Waals surface area contributed by atoms with Gasteiger partial charge >= 0.3 is 0 Å². The first kappa shape index (κ1) is 20.6. The number of carbonyl (C=O) groups is 2. The molecule has 158 valence electrons. The van der Waals surface area contributed by atoms with Gasteiger partial charge in [0.05, 0.1) is 13.2 Å². The normalized spacial score (nSPS) is 22.2. The maximum Gasteiger partial charge on any atom is 0.251 e. The van der Waals surface area contributed by atoms with E-state index in [1.165, 1.54) is 5.56 Å². The van der Waals surface area contributed by atoms with Crippen molar-refractivity contribution in [3.05, 3.63) is 59.7 Å². The number of nitrogens with zero attached hydrogens (tertiary/aromatic N) is 1. The molecule has 0 radical (unpaired) electrons. The highest BCUT2D eigenvalue weighted by Crippen LogP contribution is 2.30. The highest BCUT2D eigenvalue weighted by molar-refractivity contribution is 5.86. The van der Waals surface area contributed by atoms with E-state index >= 15 is 0 Å². The lowest BCUT2D eigenvalue weighted by atomic mass is 9.89. The molecule has 0 aromatic heterocycles. The molecule has 1 aliphatic heterocycles. The molecule has 5 heteroatoms. The molecule has 0 unspecified atom stereocenters. The Morgan fingerprint density at radius 2 is 1.83 bits per heavy atom. The van der Waals surface area contributed by atoms with E-state index in [1.54, 1.807) is 4.90 Å². The number of morpholine rings is 1. The van der Waals surface area contributed by atoms with E-state index in [1.807, 2.05) is 12.1 Å². The van der Waals surface area contributed by atoms with E-state index in [2.05, 4.69) is 43.3 Å². The number of hydrogen-bond donors (Lipinski definition) is 1. The van der Waals surface area contributed by atoms with Crippen LogP contribution < -0.4 is 5.73 Å². The van der Waals surface area contributed by atoms with Gasteiger partial charge in [0.25, 0.3) is 5.91 Å². The molecular formula is C25H30N2O3. The summed E-state index contributed by atoms with van der Waals surface area (Å²) in [6.07, 6.45) is 4.45. The number of nitrogens with two attached hydrogens (primary N) is 1. The third-order valence-corrected chi connectivity index (χ3v) is 6.45. The monoisotopic (exact) mass is 406 g/mol. The van der Waals surface area contributed by atoms with Crippen molar-refractivity contribution < 1.29 is 14.3 Å². The molecule has 4 rings (SSSR count). The van der Waals surface area contributed by atoms with E-state index in [4.69, 9.17) is 10.5 Å². The first-order valence-corrected chi connectivity index (χ1v) is 10.9. The Morgan fingerprint density at radius 1 is 1.10 bits per heavy atom. The van der Waals surface area contributed by atoms with Crippen LogP contribution in [0.2, 0.25) is 0 Å². The molecule has 30 heavy (non-hydrogen) atoms. The van der Waals surface area contributed by atoms with E-state index in [0.717, 1.165) is 42.4 Å². The number of primary amides is 1. The van der Waals surface area contributed by atoms with Crippen LogP contribution in [-0.4, -0.2) is 42.0 Å². The number of hydrogen-bond acceptors (Lipinski definition) is 3. The van der Waals surface area contributed by atoms with Crippen molar-refractivity contribution in [2.24, 2.45) is 11.7 Å². The number of benzene rings is 2. The van der Waals surface area contributed by atoms with E-state index in [9.17, 15) is 9.59 Å². The van der Waals surface area contributed by atoms with Crippen LogP contribution in [0.4, 0.5) is 0 Å². The summed E-state index contributed by atoms with van der Waals surface area (Å²) >= 11 is 0. The van der Waals surface area contributed by atoms with Crippen LogP contribution in [0.1, 0.15) is 36.8 Å². The molecule has 5 nitrogen and oxygen atoms in total. The minimum Gasteiger partial charge on any atom is -0.367 e. The number of amides is 2. The van der Waals surface area contributed by atoms with Gasteiger partial charge in [0.1, 0.15) is 0 Å². The van der Waals surface area contributed by atoms with Crippen LogP contribution in [-0.2, 0) is 20.7 Å². The Hall–Kier alpha value is -2.66. The van der Waals surface area contributed by atoms with E-state index in [-0.39, 0.29) is 18.4 Å². The molecule has 2 amide bonds. The first-order chi connectivity index (χ1) is 14.5. The van der Waals surface area contributed by atoms with E-state index in [0.29, 0.717) is 19.6 Å². The molecule has 1 atom stereocenters. The number of rotatable bonds is 5. The van der Waals surface area contributed by atoms with Gasteiger partial charge in [-0.3, -0.25) is 9.59 Å². The van der Waals surface area contributed by atoms with Crippen molar-refractivity contribution in [3.63, 3.8) is 0 Å². The van der Waals surface area contributed by atoms with Crippen LogP contribution in [0.15, 0.2) is 48.5 Å². The third kappa shape index (κ3) is 4.26. The van der Waals surface area contributed by atoms with Crippen molar-refractivity contribution in [3.8, 4) is 11.1 Å². The zero-order valence-electron chi connectivity index (χ0n) is 17.6. The smallest absolute Gasteiger partial charge is 0.251 e. The minimum atomic E-state index is -1.18. The molecule has 0 spiro atoms. The van der Waals surface area contributed by atoms with Crippen LogP contribution in [0.3, 0.4) is 0 Å². The topological polar surface area (TPSA) is 72.6 Å². The molecule has 2 aliphatic rings. The highest BCUT2D eigenvalue weighted by Gasteiger charge is 2.44. The molecule has 1 saturated carbocycles. The zero-order chi connectivity index (χ0) is 21.1.